The van der Waals surface area contributed by atoms with Gasteiger partial charge in [-0.05, 0) is 48.9 Å². The van der Waals surface area contributed by atoms with Crippen LogP contribution in [0.5, 0.6) is 5.75 Å². The standard InChI is InChI=1S/C24H24ClF3N4O5/c1-14(20(33)36-3)12-32-22(34)30-21(31(23(32)35)13-16-4-6-17(25)7-5-16)29-18-8-10-19(11-9-18)37-15(2)24(26,27)28/h4-11,14-15H,12-13H2,1-3H3,(H,29,30,34)/t14-,15?/m0/s1. The van der Waals surface area contributed by atoms with Gasteiger partial charge in [0.15, 0.2) is 6.10 Å². The number of ether oxygens (including phenoxy) is 2. The van der Waals surface area contributed by atoms with E-state index in [2.05, 4.69) is 14.7 Å². The molecule has 1 N–H and O–H groups in total. The van der Waals surface area contributed by atoms with Crippen LogP contribution in [0, 0.1) is 5.92 Å². The normalized spacial score (nSPS) is 13.8. The highest BCUT2D eigenvalue weighted by molar-refractivity contribution is 6.30. The fraction of sp³-hybridized carbons (Fsp3) is 0.333. The van der Waals surface area contributed by atoms with E-state index in [1.54, 1.807) is 24.3 Å². The molecule has 0 fully saturated rings. The zero-order valence-electron chi connectivity index (χ0n) is 20.1. The molecule has 3 aromatic rings. The van der Waals surface area contributed by atoms with E-state index < -0.39 is 35.5 Å². The molecule has 0 aliphatic carbocycles. The molecule has 0 saturated carbocycles. The van der Waals surface area contributed by atoms with Gasteiger partial charge in [-0.2, -0.15) is 13.2 Å². The molecule has 0 spiro atoms. The summed E-state index contributed by atoms with van der Waals surface area (Å²) in [4.78, 5) is 44.8. The summed E-state index contributed by atoms with van der Waals surface area (Å²) in [5.74, 6) is -1.40. The Bertz CT molecular complexity index is 1430. The molecule has 198 valence electrons. The summed E-state index contributed by atoms with van der Waals surface area (Å²) in [6, 6.07) is 12.0. The van der Waals surface area contributed by atoms with E-state index in [4.69, 9.17) is 16.3 Å². The molecular formula is C24H24ClF3N4O5. The Hall–Kier alpha value is -3.80. The molecule has 2 aromatic carbocycles. The SMILES string of the molecule is COC(=O)[C@@H](C)Cn1c(=O)[nH]/c(=N\c2ccc(OC(C)C(F)(F)F)cc2)n(Cc2ccc(Cl)cc2)c1=O. The van der Waals surface area contributed by atoms with Gasteiger partial charge in [0.05, 0.1) is 25.3 Å². The zero-order chi connectivity index (χ0) is 27.3. The Balaban J connectivity index is 2.06. The topological polar surface area (TPSA) is 108 Å². The van der Waals surface area contributed by atoms with E-state index >= 15 is 0 Å². The number of nitrogens with zero attached hydrogens (tertiary/aromatic N) is 3. The molecule has 0 bridgehead atoms. The summed E-state index contributed by atoms with van der Waals surface area (Å²) in [7, 11) is 1.20. The van der Waals surface area contributed by atoms with Crippen molar-refractivity contribution < 1.29 is 27.4 Å². The Morgan fingerprint density at radius 2 is 1.68 bits per heavy atom. The number of carbonyl (C=O) groups excluding carboxylic acids is 1. The number of benzene rings is 2. The van der Waals surface area contributed by atoms with E-state index in [1.807, 2.05) is 0 Å². The number of alkyl halides is 3. The van der Waals surface area contributed by atoms with Gasteiger partial charge in [0.25, 0.3) is 0 Å². The van der Waals surface area contributed by atoms with E-state index in [9.17, 15) is 27.6 Å². The monoisotopic (exact) mass is 540 g/mol. The third-order valence-corrected chi connectivity index (χ3v) is 5.59. The second kappa shape index (κ2) is 11.5. The van der Waals surface area contributed by atoms with Crippen LogP contribution >= 0.6 is 11.6 Å². The van der Waals surface area contributed by atoms with Gasteiger partial charge in [0.2, 0.25) is 5.62 Å². The van der Waals surface area contributed by atoms with E-state index in [1.165, 1.54) is 42.9 Å². The summed E-state index contributed by atoms with van der Waals surface area (Å²) in [6.45, 7) is 2.18. The summed E-state index contributed by atoms with van der Waals surface area (Å²) in [5, 5.41) is 0.492. The summed E-state index contributed by atoms with van der Waals surface area (Å²) in [5.41, 5.74) is -0.720. The van der Waals surface area contributed by atoms with Crippen molar-refractivity contribution in [1.82, 2.24) is 14.1 Å². The van der Waals surface area contributed by atoms with E-state index in [0.29, 0.717) is 10.6 Å². The lowest BCUT2D eigenvalue weighted by Crippen LogP contribution is -2.51. The lowest BCUT2D eigenvalue weighted by atomic mass is 10.2. The second-order valence-corrected chi connectivity index (χ2v) is 8.63. The van der Waals surface area contributed by atoms with Crippen LogP contribution in [0.15, 0.2) is 63.1 Å². The Morgan fingerprint density at radius 1 is 1.05 bits per heavy atom. The van der Waals surface area contributed by atoms with Crippen molar-refractivity contribution in [2.75, 3.05) is 7.11 Å². The lowest BCUT2D eigenvalue weighted by Gasteiger charge is -2.17. The second-order valence-electron chi connectivity index (χ2n) is 8.19. The van der Waals surface area contributed by atoms with Crippen LogP contribution in [0.1, 0.15) is 19.4 Å². The summed E-state index contributed by atoms with van der Waals surface area (Å²) in [6.07, 6.45) is -6.53. The molecule has 2 atom stereocenters. The lowest BCUT2D eigenvalue weighted by molar-refractivity contribution is -0.189. The Kier molecular flexibility index (Phi) is 8.64. The van der Waals surface area contributed by atoms with Gasteiger partial charge in [-0.25, -0.2) is 19.1 Å². The molecule has 0 aliphatic rings. The van der Waals surface area contributed by atoms with Gasteiger partial charge in [0, 0.05) is 11.6 Å². The number of H-pyrrole nitrogens is 1. The number of aromatic amines is 1. The number of carbonyl (C=O) groups is 1. The minimum atomic E-state index is -4.52. The molecule has 37 heavy (non-hydrogen) atoms. The van der Waals surface area contributed by atoms with Crippen LogP contribution in [0.3, 0.4) is 0 Å². The maximum atomic E-state index is 13.3. The highest BCUT2D eigenvalue weighted by Gasteiger charge is 2.38. The van der Waals surface area contributed by atoms with Crippen LogP contribution in [0.4, 0.5) is 18.9 Å². The van der Waals surface area contributed by atoms with Crippen LogP contribution < -0.4 is 21.7 Å². The molecule has 9 nitrogen and oxygen atoms in total. The van der Waals surface area contributed by atoms with Crippen molar-refractivity contribution >= 4 is 23.3 Å². The van der Waals surface area contributed by atoms with Gasteiger partial charge in [0.1, 0.15) is 5.75 Å². The highest BCUT2D eigenvalue weighted by atomic mass is 35.5. The maximum absolute atomic E-state index is 13.3. The fourth-order valence-corrected chi connectivity index (χ4v) is 3.39. The first kappa shape index (κ1) is 27.8. The highest BCUT2D eigenvalue weighted by Crippen LogP contribution is 2.26. The molecule has 0 saturated heterocycles. The largest absolute Gasteiger partial charge is 0.481 e. The van der Waals surface area contributed by atoms with Crippen LogP contribution in [-0.4, -0.2) is 39.5 Å². The van der Waals surface area contributed by atoms with E-state index in [-0.39, 0.29) is 30.1 Å². The third kappa shape index (κ3) is 7.13. The number of methoxy groups -OCH3 is 1. The van der Waals surface area contributed by atoms with Crippen molar-refractivity contribution in [3.63, 3.8) is 0 Å². The molecule has 1 heterocycles. The van der Waals surface area contributed by atoms with Crippen LogP contribution in [0.25, 0.3) is 0 Å². The van der Waals surface area contributed by atoms with Crippen molar-refractivity contribution in [3.05, 3.63) is 85.7 Å². The number of halogens is 4. The van der Waals surface area contributed by atoms with Crippen molar-refractivity contribution in [1.29, 1.82) is 0 Å². The molecule has 3 rings (SSSR count). The Labute approximate surface area is 213 Å². The number of hydrogen-bond donors (Lipinski definition) is 1. The third-order valence-electron chi connectivity index (χ3n) is 5.34. The van der Waals surface area contributed by atoms with Gasteiger partial charge in [-0.15, -0.1) is 0 Å². The van der Waals surface area contributed by atoms with Crippen molar-refractivity contribution in [2.45, 2.75) is 39.2 Å². The summed E-state index contributed by atoms with van der Waals surface area (Å²) < 4.78 is 49.9. The minimum absolute atomic E-state index is 0.00249. The number of rotatable bonds is 8. The maximum Gasteiger partial charge on any atom is 0.425 e. The first-order valence-corrected chi connectivity index (χ1v) is 11.4. The van der Waals surface area contributed by atoms with Gasteiger partial charge in [-0.3, -0.25) is 14.3 Å². The quantitative estimate of drug-likeness (QED) is 0.441. The average molecular weight is 541 g/mol. The first-order chi connectivity index (χ1) is 17.4. The summed E-state index contributed by atoms with van der Waals surface area (Å²) >= 11 is 5.95. The Morgan fingerprint density at radius 3 is 2.24 bits per heavy atom. The minimum Gasteiger partial charge on any atom is -0.481 e. The van der Waals surface area contributed by atoms with Gasteiger partial charge in [-0.1, -0.05) is 30.7 Å². The smallest absolute Gasteiger partial charge is 0.425 e. The van der Waals surface area contributed by atoms with Crippen LogP contribution in [0.2, 0.25) is 5.02 Å². The molecular weight excluding hydrogens is 517 g/mol. The zero-order valence-corrected chi connectivity index (χ0v) is 20.8. The fourth-order valence-electron chi connectivity index (χ4n) is 3.26. The molecule has 0 amide bonds. The molecule has 0 radical (unpaired) electrons. The molecule has 1 unspecified atom stereocenters. The predicted molar refractivity (Wildman–Crippen MR) is 129 cm³/mol. The number of nitrogens with one attached hydrogen (secondary N) is 1. The van der Waals surface area contributed by atoms with Gasteiger partial charge >= 0.3 is 23.5 Å². The van der Waals surface area contributed by atoms with Crippen molar-refractivity contribution in [2.24, 2.45) is 10.9 Å². The first-order valence-electron chi connectivity index (χ1n) is 11.0. The van der Waals surface area contributed by atoms with Crippen LogP contribution in [-0.2, 0) is 22.6 Å². The molecule has 1 aromatic heterocycles. The van der Waals surface area contributed by atoms with E-state index in [0.717, 1.165) is 11.5 Å². The number of esters is 1. The molecule has 0 aliphatic heterocycles. The number of aromatic nitrogens is 3. The number of hydrogen-bond acceptors (Lipinski definition) is 6. The van der Waals surface area contributed by atoms with Gasteiger partial charge < -0.3 is 9.47 Å². The van der Waals surface area contributed by atoms with Crippen molar-refractivity contribution in [3.8, 4) is 5.75 Å². The molecule has 13 heteroatoms. The predicted octanol–water partition coefficient (Wildman–Crippen LogP) is 3.41. The average Bonchev–Trinajstić information content (AvgIpc) is 2.85.